The Balaban J connectivity index is 0.000000204. The van der Waals surface area contributed by atoms with E-state index in [1.807, 2.05) is 37.3 Å². The van der Waals surface area contributed by atoms with Crippen LogP contribution in [0.2, 0.25) is 0 Å². The molecule has 2 aromatic rings. The standard InChI is InChI=1S/C9H11NS.C6H7NOS/c1-8(11)10-7-9-5-3-2-4-6-9;7-6(9)4-5-2-1-3-8-5/h2-6H,7H2,1H3,(H,10,11);1-3H,4H2,(H2,7,9). The molecule has 0 aliphatic carbocycles. The first-order chi connectivity index (χ1) is 9.58. The van der Waals surface area contributed by atoms with Gasteiger partial charge in [-0.05, 0) is 24.6 Å². The van der Waals surface area contributed by atoms with Crippen LogP contribution in [0.15, 0.2) is 53.1 Å². The molecule has 0 amide bonds. The quantitative estimate of drug-likeness (QED) is 0.849. The lowest BCUT2D eigenvalue weighted by atomic mass is 10.2. The SMILES string of the molecule is CC(=S)NCc1ccccc1.NC(=S)Cc1ccco1. The molecule has 0 spiro atoms. The minimum atomic E-state index is 0.463. The number of nitrogens with two attached hydrogens (primary N) is 1. The average molecular weight is 306 g/mol. The van der Waals surface area contributed by atoms with Crippen LogP contribution in [0.3, 0.4) is 0 Å². The molecule has 1 heterocycles. The van der Waals surface area contributed by atoms with E-state index in [4.69, 9.17) is 22.4 Å². The monoisotopic (exact) mass is 306 g/mol. The van der Waals surface area contributed by atoms with Gasteiger partial charge >= 0.3 is 0 Å². The van der Waals surface area contributed by atoms with Crippen LogP contribution in [0.25, 0.3) is 0 Å². The van der Waals surface area contributed by atoms with E-state index in [9.17, 15) is 0 Å². The summed E-state index contributed by atoms with van der Waals surface area (Å²) in [5.74, 6) is 0.822. The van der Waals surface area contributed by atoms with Gasteiger partial charge in [-0.25, -0.2) is 0 Å². The summed E-state index contributed by atoms with van der Waals surface area (Å²) in [6, 6.07) is 13.9. The summed E-state index contributed by atoms with van der Waals surface area (Å²) < 4.78 is 4.98. The van der Waals surface area contributed by atoms with Crippen molar-refractivity contribution in [1.29, 1.82) is 0 Å². The number of thiocarbonyl (C=S) groups is 2. The Hall–Kier alpha value is -1.72. The Morgan fingerprint density at radius 2 is 1.85 bits per heavy atom. The van der Waals surface area contributed by atoms with Gasteiger partial charge in [-0.1, -0.05) is 54.8 Å². The molecule has 0 saturated heterocycles. The lowest BCUT2D eigenvalue weighted by molar-refractivity contribution is 0.527. The molecule has 3 nitrogen and oxygen atoms in total. The van der Waals surface area contributed by atoms with Gasteiger partial charge in [0.15, 0.2) is 0 Å². The summed E-state index contributed by atoms with van der Waals surface area (Å²) in [6.07, 6.45) is 2.16. The molecule has 0 aliphatic heterocycles. The van der Waals surface area contributed by atoms with Crippen molar-refractivity contribution in [2.75, 3.05) is 0 Å². The van der Waals surface area contributed by atoms with E-state index in [0.717, 1.165) is 17.3 Å². The fourth-order valence-corrected chi connectivity index (χ4v) is 1.62. The zero-order valence-corrected chi connectivity index (χ0v) is 13.0. The van der Waals surface area contributed by atoms with Crippen LogP contribution in [0.4, 0.5) is 0 Å². The van der Waals surface area contributed by atoms with Gasteiger partial charge < -0.3 is 15.5 Å². The molecule has 106 valence electrons. The molecule has 0 saturated carbocycles. The predicted molar refractivity (Wildman–Crippen MR) is 90.8 cm³/mol. The normalized spacial score (nSPS) is 9.25. The summed E-state index contributed by atoms with van der Waals surface area (Å²) in [6.45, 7) is 2.72. The summed E-state index contributed by atoms with van der Waals surface area (Å²) >= 11 is 9.54. The molecule has 0 fully saturated rings. The summed E-state index contributed by atoms with van der Waals surface area (Å²) in [7, 11) is 0. The van der Waals surface area contributed by atoms with Crippen molar-refractivity contribution in [2.24, 2.45) is 5.73 Å². The van der Waals surface area contributed by atoms with E-state index in [1.165, 1.54) is 5.56 Å². The fourth-order valence-electron chi connectivity index (χ4n) is 1.41. The van der Waals surface area contributed by atoms with Crippen molar-refractivity contribution in [3.05, 3.63) is 60.1 Å². The average Bonchev–Trinajstić information content (AvgIpc) is 2.90. The maximum atomic E-state index is 5.26. The van der Waals surface area contributed by atoms with Gasteiger partial charge in [0, 0.05) is 6.54 Å². The molecular weight excluding hydrogens is 288 g/mol. The number of rotatable bonds is 4. The number of hydrogen-bond acceptors (Lipinski definition) is 3. The summed E-state index contributed by atoms with van der Waals surface area (Å²) in [4.78, 5) is 1.30. The summed E-state index contributed by atoms with van der Waals surface area (Å²) in [5, 5.41) is 3.09. The van der Waals surface area contributed by atoms with Crippen LogP contribution < -0.4 is 11.1 Å². The molecule has 2 rings (SSSR count). The lowest BCUT2D eigenvalue weighted by Gasteiger charge is -2.02. The topological polar surface area (TPSA) is 51.2 Å². The van der Waals surface area contributed by atoms with Gasteiger partial charge in [0.25, 0.3) is 0 Å². The highest BCUT2D eigenvalue weighted by Gasteiger charge is 1.94. The smallest absolute Gasteiger partial charge is 0.110 e. The molecule has 0 radical (unpaired) electrons. The van der Waals surface area contributed by atoms with E-state index in [0.29, 0.717) is 11.4 Å². The second kappa shape index (κ2) is 9.23. The minimum absolute atomic E-state index is 0.463. The number of hydrogen-bond donors (Lipinski definition) is 2. The van der Waals surface area contributed by atoms with Gasteiger partial charge in [-0.15, -0.1) is 0 Å². The Morgan fingerprint density at radius 1 is 1.15 bits per heavy atom. The van der Waals surface area contributed by atoms with E-state index < -0.39 is 0 Å². The highest BCUT2D eigenvalue weighted by molar-refractivity contribution is 7.80. The highest BCUT2D eigenvalue weighted by atomic mass is 32.1. The molecule has 3 N–H and O–H groups in total. The van der Waals surface area contributed by atoms with E-state index in [-0.39, 0.29) is 0 Å². The van der Waals surface area contributed by atoms with Gasteiger partial charge in [-0.2, -0.15) is 0 Å². The molecule has 0 unspecified atom stereocenters. The van der Waals surface area contributed by atoms with Crippen LogP contribution in [-0.4, -0.2) is 9.98 Å². The maximum Gasteiger partial charge on any atom is 0.110 e. The third-order valence-corrected chi connectivity index (χ3v) is 2.60. The third kappa shape index (κ3) is 7.66. The highest BCUT2D eigenvalue weighted by Crippen LogP contribution is 1.99. The van der Waals surface area contributed by atoms with Gasteiger partial charge in [0.05, 0.1) is 22.7 Å². The fraction of sp³-hybridized carbons (Fsp3) is 0.200. The largest absolute Gasteiger partial charge is 0.469 e. The maximum absolute atomic E-state index is 5.26. The van der Waals surface area contributed by atoms with Crippen molar-refractivity contribution in [3.63, 3.8) is 0 Å². The Kier molecular flexibility index (Phi) is 7.54. The first-order valence-electron chi connectivity index (χ1n) is 6.17. The zero-order valence-electron chi connectivity index (χ0n) is 11.3. The van der Waals surface area contributed by atoms with Gasteiger partial charge in [0.1, 0.15) is 5.76 Å². The Labute approximate surface area is 130 Å². The second-order valence-corrected chi connectivity index (χ2v) is 5.25. The molecule has 0 aliphatic rings. The molecule has 5 heteroatoms. The number of nitrogens with one attached hydrogen (secondary N) is 1. The van der Waals surface area contributed by atoms with Crippen molar-refractivity contribution in [1.82, 2.24) is 5.32 Å². The molecule has 20 heavy (non-hydrogen) atoms. The molecule has 1 aromatic heterocycles. The van der Waals surface area contributed by atoms with Crippen LogP contribution in [-0.2, 0) is 13.0 Å². The number of furan rings is 1. The molecule has 0 bridgehead atoms. The predicted octanol–water partition coefficient (Wildman–Crippen LogP) is 3.23. The van der Waals surface area contributed by atoms with E-state index in [2.05, 4.69) is 29.7 Å². The molecular formula is C15H18N2OS2. The van der Waals surface area contributed by atoms with Crippen molar-refractivity contribution >= 4 is 34.4 Å². The minimum Gasteiger partial charge on any atom is -0.469 e. The number of benzene rings is 1. The van der Waals surface area contributed by atoms with Crippen LogP contribution in [0.5, 0.6) is 0 Å². The van der Waals surface area contributed by atoms with E-state index >= 15 is 0 Å². The van der Waals surface area contributed by atoms with Crippen molar-refractivity contribution in [2.45, 2.75) is 19.9 Å². The Bertz CT molecular complexity index is 524. The molecule has 1 aromatic carbocycles. The zero-order chi connectivity index (χ0) is 14.8. The van der Waals surface area contributed by atoms with Crippen LogP contribution in [0.1, 0.15) is 18.2 Å². The second-order valence-electron chi connectivity index (χ2n) is 4.12. The van der Waals surface area contributed by atoms with E-state index in [1.54, 1.807) is 6.26 Å². The van der Waals surface area contributed by atoms with Gasteiger partial charge in [-0.3, -0.25) is 0 Å². The first kappa shape index (κ1) is 16.3. The first-order valence-corrected chi connectivity index (χ1v) is 6.98. The van der Waals surface area contributed by atoms with Crippen molar-refractivity contribution < 1.29 is 4.42 Å². The van der Waals surface area contributed by atoms with Crippen LogP contribution in [0, 0.1) is 0 Å². The van der Waals surface area contributed by atoms with Crippen molar-refractivity contribution in [3.8, 4) is 0 Å². The third-order valence-electron chi connectivity index (χ3n) is 2.31. The van der Waals surface area contributed by atoms with Gasteiger partial charge in [0.2, 0.25) is 0 Å². The van der Waals surface area contributed by atoms with Crippen LogP contribution >= 0.6 is 24.4 Å². The molecule has 0 atom stereocenters. The lowest BCUT2D eigenvalue weighted by Crippen LogP contribution is -2.16. The Morgan fingerprint density at radius 3 is 2.35 bits per heavy atom. The summed E-state index contributed by atoms with van der Waals surface area (Å²) in [5.41, 5.74) is 6.52.